The van der Waals surface area contributed by atoms with Gasteiger partial charge < -0.3 is 14.8 Å². The molecular formula is C20H23NO4. The van der Waals surface area contributed by atoms with Crippen molar-refractivity contribution in [3.8, 4) is 5.75 Å². The highest BCUT2D eigenvalue weighted by Crippen LogP contribution is 2.20. The Balaban J connectivity index is 2.13. The van der Waals surface area contributed by atoms with Crippen LogP contribution in [0.1, 0.15) is 34.8 Å². The largest absolute Gasteiger partial charge is 0.481 e. The fourth-order valence-electron chi connectivity index (χ4n) is 2.32. The number of nitrogens with one attached hydrogen (secondary N) is 1. The number of methoxy groups -OCH3 is 1. The molecule has 0 fully saturated rings. The molecule has 0 aliphatic heterocycles. The first-order valence-corrected chi connectivity index (χ1v) is 8.17. The molecule has 0 saturated heterocycles. The predicted octanol–water partition coefficient (Wildman–Crippen LogP) is 3.89. The number of rotatable bonds is 6. The van der Waals surface area contributed by atoms with Crippen molar-refractivity contribution < 1.29 is 19.1 Å². The second-order valence-electron chi connectivity index (χ2n) is 5.84. The molecule has 0 aromatic heterocycles. The van der Waals surface area contributed by atoms with Gasteiger partial charge in [-0.25, -0.2) is 4.79 Å². The van der Waals surface area contributed by atoms with Gasteiger partial charge in [-0.05, 0) is 50.1 Å². The number of carbonyl (C=O) groups excluding carboxylic acids is 2. The van der Waals surface area contributed by atoms with Crippen molar-refractivity contribution in [2.75, 3.05) is 12.4 Å². The number of hydrogen-bond donors (Lipinski definition) is 1. The lowest BCUT2D eigenvalue weighted by molar-refractivity contribution is -0.122. The average molecular weight is 341 g/mol. The Bertz CT molecular complexity index is 753. The molecule has 5 nitrogen and oxygen atoms in total. The fourth-order valence-corrected chi connectivity index (χ4v) is 2.32. The Morgan fingerprint density at radius 2 is 1.76 bits per heavy atom. The van der Waals surface area contributed by atoms with Gasteiger partial charge in [-0.2, -0.15) is 0 Å². The maximum absolute atomic E-state index is 12.6. The molecule has 2 aromatic rings. The highest BCUT2D eigenvalue weighted by molar-refractivity contribution is 5.97. The van der Waals surface area contributed by atoms with Gasteiger partial charge in [0.1, 0.15) is 5.75 Å². The number of amides is 1. The van der Waals surface area contributed by atoms with Crippen LogP contribution in [-0.2, 0) is 9.53 Å². The van der Waals surface area contributed by atoms with Crippen LogP contribution >= 0.6 is 0 Å². The number of ether oxygens (including phenoxy) is 2. The van der Waals surface area contributed by atoms with Gasteiger partial charge in [0.2, 0.25) is 0 Å². The summed E-state index contributed by atoms with van der Waals surface area (Å²) in [6, 6.07) is 12.6. The Kier molecular flexibility index (Phi) is 6.17. The third kappa shape index (κ3) is 4.83. The smallest absolute Gasteiger partial charge is 0.337 e. The normalized spacial score (nSPS) is 11.5. The number of hydrogen-bond acceptors (Lipinski definition) is 4. The van der Waals surface area contributed by atoms with Crippen molar-refractivity contribution in [2.24, 2.45) is 0 Å². The van der Waals surface area contributed by atoms with Crippen LogP contribution in [0.15, 0.2) is 42.5 Å². The van der Waals surface area contributed by atoms with E-state index in [4.69, 9.17) is 9.47 Å². The summed E-state index contributed by atoms with van der Waals surface area (Å²) < 4.78 is 10.5. The first-order chi connectivity index (χ1) is 11.9. The van der Waals surface area contributed by atoms with E-state index in [-0.39, 0.29) is 5.91 Å². The minimum absolute atomic E-state index is 0.256. The molecule has 1 atom stereocenters. The van der Waals surface area contributed by atoms with Gasteiger partial charge in [-0.15, -0.1) is 0 Å². The van der Waals surface area contributed by atoms with Gasteiger partial charge in [0.05, 0.1) is 12.7 Å². The molecular weight excluding hydrogens is 318 g/mol. The molecule has 0 spiro atoms. The lowest BCUT2D eigenvalue weighted by Crippen LogP contribution is -2.32. The summed E-state index contributed by atoms with van der Waals surface area (Å²) in [5.74, 6) is -0.0562. The molecule has 132 valence electrons. The van der Waals surface area contributed by atoms with Crippen LogP contribution in [0.4, 0.5) is 5.69 Å². The molecule has 0 unspecified atom stereocenters. The summed E-state index contributed by atoms with van der Waals surface area (Å²) in [6.07, 6.45) is -0.0981. The monoisotopic (exact) mass is 341 g/mol. The zero-order valence-electron chi connectivity index (χ0n) is 15.0. The Labute approximate surface area is 148 Å². The highest BCUT2D eigenvalue weighted by atomic mass is 16.5. The number of esters is 1. The summed E-state index contributed by atoms with van der Waals surface area (Å²) in [7, 11) is 1.32. The van der Waals surface area contributed by atoms with Gasteiger partial charge in [-0.1, -0.05) is 30.7 Å². The van der Waals surface area contributed by atoms with Crippen LogP contribution in [0.2, 0.25) is 0 Å². The lowest BCUT2D eigenvalue weighted by atomic mass is 10.1. The fraction of sp³-hybridized carbons (Fsp3) is 0.300. The van der Waals surface area contributed by atoms with E-state index < -0.39 is 12.1 Å². The van der Waals surface area contributed by atoms with E-state index in [2.05, 4.69) is 5.32 Å². The molecule has 0 radical (unpaired) electrons. The summed E-state index contributed by atoms with van der Waals surface area (Å²) in [4.78, 5) is 24.2. The predicted molar refractivity (Wildman–Crippen MR) is 97.0 cm³/mol. The minimum atomic E-state index is -0.621. The maximum Gasteiger partial charge on any atom is 0.337 e. The molecule has 0 aliphatic rings. The van der Waals surface area contributed by atoms with Gasteiger partial charge >= 0.3 is 5.97 Å². The van der Waals surface area contributed by atoms with E-state index in [1.54, 1.807) is 18.2 Å². The summed E-state index contributed by atoms with van der Waals surface area (Å²) >= 11 is 0. The van der Waals surface area contributed by atoms with E-state index in [0.717, 1.165) is 11.1 Å². The van der Waals surface area contributed by atoms with Crippen LogP contribution in [0.25, 0.3) is 0 Å². The Morgan fingerprint density at radius 3 is 2.36 bits per heavy atom. The average Bonchev–Trinajstić information content (AvgIpc) is 2.62. The standard InChI is InChI=1S/C20H23NO4/c1-5-18(25-16-10-6-13(2)7-11-16)19(22)21-17-12-15(20(23)24-4)9-8-14(17)3/h6-12,18H,5H2,1-4H3,(H,21,22)/t18-/m1/s1. The molecule has 0 bridgehead atoms. The van der Waals surface area contributed by atoms with Crippen LogP contribution in [0, 0.1) is 13.8 Å². The van der Waals surface area contributed by atoms with Gasteiger partial charge in [0.25, 0.3) is 5.91 Å². The molecule has 0 heterocycles. The maximum atomic E-state index is 12.6. The van der Waals surface area contributed by atoms with E-state index in [0.29, 0.717) is 23.4 Å². The summed E-state index contributed by atoms with van der Waals surface area (Å²) in [5, 5.41) is 2.84. The van der Waals surface area contributed by atoms with Crippen LogP contribution in [0.3, 0.4) is 0 Å². The van der Waals surface area contributed by atoms with Crippen LogP contribution < -0.4 is 10.1 Å². The summed E-state index contributed by atoms with van der Waals surface area (Å²) in [5.41, 5.74) is 2.93. The number of anilines is 1. The van der Waals surface area contributed by atoms with E-state index in [1.807, 2.05) is 45.0 Å². The second-order valence-corrected chi connectivity index (χ2v) is 5.84. The number of carbonyl (C=O) groups is 2. The third-order valence-corrected chi connectivity index (χ3v) is 3.88. The highest BCUT2D eigenvalue weighted by Gasteiger charge is 2.20. The molecule has 5 heteroatoms. The van der Waals surface area contributed by atoms with Crippen LogP contribution in [0.5, 0.6) is 5.75 Å². The number of aryl methyl sites for hydroxylation is 2. The molecule has 0 saturated carbocycles. The van der Waals surface area contributed by atoms with Crippen molar-refractivity contribution in [2.45, 2.75) is 33.3 Å². The lowest BCUT2D eigenvalue weighted by Gasteiger charge is -2.18. The van der Waals surface area contributed by atoms with E-state index >= 15 is 0 Å². The second kappa shape index (κ2) is 8.33. The van der Waals surface area contributed by atoms with Crippen molar-refractivity contribution >= 4 is 17.6 Å². The van der Waals surface area contributed by atoms with Crippen LogP contribution in [-0.4, -0.2) is 25.1 Å². The van der Waals surface area contributed by atoms with Crippen molar-refractivity contribution in [3.63, 3.8) is 0 Å². The first kappa shape index (κ1) is 18.5. The quantitative estimate of drug-likeness (QED) is 0.810. The topological polar surface area (TPSA) is 64.6 Å². The van der Waals surface area contributed by atoms with Crippen molar-refractivity contribution in [3.05, 3.63) is 59.2 Å². The van der Waals surface area contributed by atoms with Gasteiger partial charge in [-0.3, -0.25) is 4.79 Å². The van der Waals surface area contributed by atoms with Gasteiger partial charge in [0, 0.05) is 5.69 Å². The minimum Gasteiger partial charge on any atom is -0.481 e. The zero-order valence-corrected chi connectivity index (χ0v) is 15.0. The third-order valence-electron chi connectivity index (χ3n) is 3.88. The van der Waals surface area contributed by atoms with Gasteiger partial charge in [0.15, 0.2) is 6.10 Å². The zero-order chi connectivity index (χ0) is 18.4. The first-order valence-electron chi connectivity index (χ1n) is 8.17. The molecule has 1 N–H and O–H groups in total. The number of benzene rings is 2. The Morgan fingerprint density at radius 1 is 1.08 bits per heavy atom. The van der Waals surface area contributed by atoms with Crippen molar-refractivity contribution in [1.29, 1.82) is 0 Å². The Hall–Kier alpha value is -2.82. The molecule has 0 aliphatic carbocycles. The van der Waals surface area contributed by atoms with Crippen molar-refractivity contribution in [1.82, 2.24) is 0 Å². The molecule has 2 aromatic carbocycles. The molecule has 2 rings (SSSR count). The van der Waals surface area contributed by atoms with E-state index in [9.17, 15) is 9.59 Å². The SMILES string of the molecule is CC[C@@H](Oc1ccc(C)cc1)C(=O)Nc1cc(C(=O)OC)ccc1C. The summed E-state index contributed by atoms with van der Waals surface area (Å²) in [6.45, 7) is 5.74. The molecule has 25 heavy (non-hydrogen) atoms. The molecule has 1 amide bonds. The van der Waals surface area contributed by atoms with E-state index in [1.165, 1.54) is 7.11 Å².